The van der Waals surface area contributed by atoms with Crippen LogP contribution in [0.25, 0.3) is 0 Å². The number of hydrogen-bond donors (Lipinski definition) is 1. The fraction of sp³-hybridized carbons (Fsp3) is 0.476. The molecule has 1 N–H and O–H groups in total. The molecule has 7 heteroatoms. The van der Waals surface area contributed by atoms with E-state index < -0.39 is 5.60 Å². The number of aliphatic hydroxyl groups is 1. The van der Waals surface area contributed by atoms with Gasteiger partial charge < -0.3 is 19.5 Å². The SMILES string of the molecule is COc1nc(C)c(CC(=O)N2CCC(O)(c3ccccc3C)CC2)c(OC)n1. The number of hydrogen-bond acceptors (Lipinski definition) is 6. The molecule has 0 spiro atoms. The number of aromatic nitrogens is 2. The summed E-state index contributed by atoms with van der Waals surface area (Å²) in [7, 11) is 3.00. The molecule has 3 rings (SSSR count). The largest absolute Gasteiger partial charge is 0.481 e. The topological polar surface area (TPSA) is 84.8 Å². The van der Waals surface area contributed by atoms with Crippen molar-refractivity contribution in [3.63, 3.8) is 0 Å². The zero-order valence-corrected chi connectivity index (χ0v) is 16.9. The molecule has 0 unspecified atom stereocenters. The van der Waals surface area contributed by atoms with E-state index in [-0.39, 0.29) is 18.3 Å². The van der Waals surface area contributed by atoms with Gasteiger partial charge in [0, 0.05) is 18.7 Å². The van der Waals surface area contributed by atoms with Gasteiger partial charge in [0.05, 0.1) is 31.9 Å². The van der Waals surface area contributed by atoms with Crippen LogP contribution in [0.1, 0.15) is 35.2 Å². The zero-order valence-electron chi connectivity index (χ0n) is 16.9. The quantitative estimate of drug-likeness (QED) is 0.849. The highest BCUT2D eigenvalue weighted by molar-refractivity contribution is 5.79. The summed E-state index contributed by atoms with van der Waals surface area (Å²) in [5.74, 6) is 0.327. The van der Waals surface area contributed by atoms with E-state index in [1.807, 2.05) is 38.1 Å². The molecule has 7 nitrogen and oxygen atoms in total. The van der Waals surface area contributed by atoms with E-state index in [4.69, 9.17) is 9.47 Å². The maximum absolute atomic E-state index is 12.9. The van der Waals surface area contributed by atoms with Crippen LogP contribution in [0.15, 0.2) is 24.3 Å². The summed E-state index contributed by atoms with van der Waals surface area (Å²) in [6.45, 7) is 4.82. The van der Waals surface area contributed by atoms with Crippen molar-refractivity contribution in [3.8, 4) is 11.9 Å². The van der Waals surface area contributed by atoms with E-state index in [1.165, 1.54) is 14.2 Å². The Morgan fingerprint density at radius 1 is 1.14 bits per heavy atom. The second kappa shape index (κ2) is 8.14. The Morgan fingerprint density at radius 3 is 2.43 bits per heavy atom. The van der Waals surface area contributed by atoms with Crippen molar-refractivity contribution in [2.24, 2.45) is 0 Å². The van der Waals surface area contributed by atoms with Crippen LogP contribution in [-0.2, 0) is 16.8 Å². The number of amides is 1. The molecule has 1 aliphatic rings. The number of carbonyl (C=O) groups excluding carboxylic acids is 1. The molecule has 1 aliphatic heterocycles. The minimum Gasteiger partial charge on any atom is -0.481 e. The van der Waals surface area contributed by atoms with Gasteiger partial charge in [-0.25, -0.2) is 4.98 Å². The van der Waals surface area contributed by atoms with Crippen molar-refractivity contribution in [3.05, 3.63) is 46.6 Å². The third kappa shape index (κ3) is 3.94. The van der Waals surface area contributed by atoms with Gasteiger partial charge in [0.2, 0.25) is 11.8 Å². The molecule has 1 aromatic heterocycles. The van der Waals surface area contributed by atoms with Crippen LogP contribution in [-0.4, -0.2) is 53.2 Å². The summed E-state index contributed by atoms with van der Waals surface area (Å²) in [6.07, 6.45) is 1.18. The fourth-order valence-electron chi connectivity index (χ4n) is 3.76. The average molecular weight is 385 g/mol. The maximum Gasteiger partial charge on any atom is 0.319 e. The summed E-state index contributed by atoms with van der Waals surface area (Å²) in [6, 6.07) is 8.09. The van der Waals surface area contributed by atoms with E-state index in [1.54, 1.807) is 4.90 Å². The molecule has 150 valence electrons. The molecule has 0 saturated carbocycles. The number of benzene rings is 1. The van der Waals surface area contributed by atoms with Crippen molar-refractivity contribution in [1.29, 1.82) is 0 Å². The molecular weight excluding hydrogens is 358 g/mol. The summed E-state index contributed by atoms with van der Waals surface area (Å²) in [5, 5.41) is 11.1. The van der Waals surface area contributed by atoms with Gasteiger partial charge in [0.1, 0.15) is 0 Å². The molecule has 1 aromatic carbocycles. The lowest BCUT2D eigenvalue weighted by atomic mass is 9.82. The van der Waals surface area contributed by atoms with Crippen LogP contribution < -0.4 is 9.47 Å². The third-order valence-corrected chi connectivity index (χ3v) is 5.45. The standard InChI is InChI=1S/C21H27N3O4/c1-14-7-5-6-8-17(14)21(26)9-11-24(12-10-21)18(25)13-16-15(2)22-20(28-4)23-19(16)27-3/h5-8,26H,9-13H2,1-4H3. The normalized spacial score (nSPS) is 16.0. The highest BCUT2D eigenvalue weighted by Crippen LogP contribution is 2.35. The minimum absolute atomic E-state index is 0.0259. The molecule has 0 aliphatic carbocycles. The van der Waals surface area contributed by atoms with E-state index >= 15 is 0 Å². The molecule has 1 amide bonds. The zero-order chi connectivity index (χ0) is 20.3. The first kappa shape index (κ1) is 20.1. The lowest BCUT2D eigenvalue weighted by Crippen LogP contribution is -2.46. The Bertz CT molecular complexity index is 861. The lowest BCUT2D eigenvalue weighted by Gasteiger charge is -2.39. The summed E-state index contributed by atoms with van der Waals surface area (Å²) in [4.78, 5) is 23.1. The van der Waals surface area contributed by atoms with Gasteiger partial charge in [-0.3, -0.25) is 4.79 Å². The average Bonchev–Trinajstić information content (AvgIpc) is 2.69. The van der Waals surface area contributed by atoms with Gasteiger partial charge in [-0.15, -0.1) is 0 Å². The first-order chi connectivity index (χ1) is 13.4. The minimum atomic E-state index is -0.890. The number of aryl methyl sites for hydroxylation is 2. The van der Waals surface area contributed by atoms with E-state index in [0.717, 1.165) is 11.1 Å². The van der Waals surface area contributed by atoms with Crippen molar-refractivity contribution in [2.45, 2.75) is 38.7 Å². The van der Waals surface area contributed by atoms with Crippen LogP contribution in [0.5, 0.6) is 11.9 Å². The maximum atomic E-state index is 12.9. The van der Waals surface area contributed by atoms with Gasteiger partial charge in [-0.05, 0) is 37.8 Å². The van der Waals surface area contributed by atoms with Gasteiger partial charge in [0.15, 0.2) is 0 Å². The van der Waals surface area contributed by atoms with Crippen molar-refractivity contribution in [1.82, 2.24) is 14.9 Å². The van der Waals surface area contributed by atoms with E-state index in [0.29, 0.717) is 43.1 Å². The van der Waals surface area contributed by atoms with Crippen LogP contribution in [0.3, 0.4) is 0 Å². The predicted octanol–water partition coefficient (Wildman–Crippen LogP) is 2.16. The van der Waals surface area contributed by atoms with Crippen LogP contribution >= 0.6 is 0 Å². The number of ether oxygens (including phenoxy) is 2. The molecular formula is C21H27N3O4. The van der Waals surface area contributed by atoms with Crippen molar-refractivity contribution in [2.75, 3.05) is 27.3 Å². The second-order valence-electron chi connectivity index (χ2n) is 7.19. The van der Waals surface area contributed by atoms with Crippen LogP contribution in [0.4, 0.5) is 0 Å². The van der Waals surface area contributed by atoms with Gasteiger partial charge in [0.25, 0.3) is 0 Å². The van der Waals surface area contributed by atoms with Gasteiger partial charge in [-0.1, -0.05) is 24.3 Å². The highest BCUT2D eigenvalue weighted by Gasteiger charge is 2.36. The Labute approximate surface area is 165 Å². The first-order valence-corrected chi connectivity index (χ1v) is 9.39. The Morgan fingerprint density at radius 2 is 1.82 bits per heavy atom. The number of nitrogens with zero attached hydrogens (tertiary/aromatic N) is 3. The molecule has 2 aromatic rings. The number of methoxy groups -OCH3 is 2. The molecule has 0 radical (unpaired) electrons. The molecule has 0 atom stereocenters. The van der Waals surface area contributed by atoms with Crippen molar-refractivity contribution >= 4 is 5.91 Å². The van der Waals surface area contributed by atoms with E-state index in [2.05, 4.69) is 9.97 Å². The molecule has 0 bridgehead atoms. The number of rotatable bonds is 5. The predicted molar refractivity (Wildman–Crippen MR) is 104 cm³/mol. The summed E-state index contributed by atoms with van der Waals surface area (Å²) >= 11 is 0. The number of likely N-dealkylation sites (tertiary alicyclic amines) is 1. The number of carbonyl (C=O) groups is 1. The summed E-state index contributed by atoms with van der Waals surface area (Å²) < 4.78 is 10.4. The van der Waals surface area contributed by atoms with E-state index in [9.17, 15) is 9.90 Å². The Kier molecular flexibility index (Phi) is 5.84. The molecule has 28 heavy (non-hydrogen) atoms. The number of piperidine rings is 1. The monoisotopic (exact) mass is 385 g/mol. The highest BCUT2D eigenvalue weighted by atomic mass is 16.5. The van der Waals surface area contributed by atoms with Gasteiger partial charge in [-0.2, -0.15) is 4.98 Å². The fourth-order valence-corrected chi connectivity index (χ4v) is 3.76. The van der Waals surface area contributed by atoms with Gasteiger partial charge >= 0.3 is 6.01 Å². The lowest BCUT2D eigenvalue weighted by molar-refractivity contribution is -0.135. The smallest absolute Gasteiger partial charge is 0.319 e. The van der Waals surface area contributed by atoms with Crippen LogP contribution in [0, 0.1) is 13.8 Å². The summed E-state index contributed by atoms with van der Waals surface area (Å²) in [5.41, 5.74) is 2.45. The van der Waals surface area contributed by atoms with Crippen LogP contribution in [0.2, 0.25) is 0 Å². The molecule has 1 saturated heterocycles. The molecule has 2 heterocycles. The molecule has 1 fully saturated rings. The Hall–Kier alpha value is -2.67. The Balaban J connectivity index is 1.70. The third-order valence-electron chi connectivity index (χ3n) is 5.45. The van der Waals surface area contributed by atoms with Crippen molar-refractivity contribution < 1.29 is 19.4 Å². The first-order valence-electron chi connectivity index (χ1n) is 9.39. The second-order valence-corrected chi connectivity index (χ2v) is 7.19.